The molecule has 2 aromatic carbocycles. The molecule has 0 saturated carbocycles. The minimum Gasteiger partial charge on any atom is -0.366 e. The Morgan fingerprint density at radius 3 is 2.52 bits per heavy atom. The van der Waals surface area contributed by atoms with Crippen molar-refractivity contribution in [2.24, 2.45) is 5.73 Å². The van der Waals surface area contributed by atoms with Gasteiger partial charge in [-0.1, -0.05) is 48.9 Å². The van der Waals surface area contributed by atoms with Gasteiger partial charge >= 0.3 is 0 Å². The Morgan fingerprint density at radius 1 is 1.15 bits per heavy atom. The van der Waals surface area contributed by atoms with Crippen LogP contribution in [0.2, 0.25) is 5.02 Å². The zero-order chi connectivity index (χ0) is 19.4. The van der Waals surface area contributed by atoms with E-state index in [1.807, 2.05) is 41.9 Å². The number of nitrogens with two attached hydrogens (primary N) is 1. The van der Waals surface area contributed by atoms with Crippen LogP contribution in [0.15, 0.2) is 54.7 Å². The molecule has 138 valence electrons. The van der Waals surface area contributed by atoms with Crippen LogP contribution in [-0.2, 0) is 13.0 Å². The van der Waals surface area contributed by atoms with E-state index in [1.54, 1.807) is 12.3 Å². The van der Waals surface area contributed by atoms with E-state index in [0.717, 1.165) is 11.3 Å². The summed E-state index contributed by atoms with van der Waals surface area (Å²) in [6, 6.07) is 14.5. The normalized spacial score (nSPS) is 10.6. The van der Waals surface area contributed by atoms with Gasteiger partial charge < -0.3 is 11.1 Å². The quantitative estimate of drug-likeness (QED) is 0.683. The van der Waals surface area contributed by atoms with E-state index in [2.05, 4.69) is 10.4 Å². The van der Waals surface area contributed by atoms with Gasteiger partial charge in [0.1, 0.15) is 0 Å². The molecular weight excluding hydrogens is 364 g/mol. The molecule has 0 unspecified atom stereocenters. The van der Waals surface area contributed by atoms with E-state index in [0.29, 0.717) is 24.2 Å². The number of nitrogens with one attached hydrogen (secondary N) is 1. The Labute approximate surface area is 161 Å². The minimum atomic E-state index is -0.617. The van der Waals surface area contributed by atoms with Gasteiger partial charge in [0.15, 0.2) is 0 Å². The SMILES string of the molecule is CCc1c(C(=O)Nc2ccc(C(N)=O)c(Cl)c2)cnn1Cc1ccccc1. The molecule has 0 radical (unpaired) electrons. The lowest BCUT2D eigenvalue weighted by molar-refractivity contribution is 0.0998. The molecule has 0 atom stereocenters. The fourth-order valence-corrected chi connectivity index (χ4v) is 3.13. The molecule has 0 bridgehead atoms. The third kappa shape index (κ3) is 4.17. The first-order valence-corrected chi connectivity index (χ1v) is 8.86. The van der Waals surface area contributed by atoms with Crippen LogP contribution >= 0.6 is 11.6 Å². The van der Waals surface area contributed by atoms with Crippen molar-refractivity contribution < 1.29 is 9.59 Å². The molecule has 27 heavy (non-hydrogen) atoms. The number of rotatable bonds is 6. The van der Waals surface area contributed by atoms with Crippen molar-refractivity contribution in [2.75, 3.05) is 5.32 Å². The van der Waals surface area contributed by atoms with Crippen molar-refractivity contribution in [1.29, 1.82) is 0 Å². The zero-order valence-corrected chi connectivity index (χ0v) is 15.5. The van der Waals surface area contributed by atoms with Gasteiger partial charge in [-0.2, -0.15) is 5.10 Å². The van der Waals surface area contributed by atoms with Crippen molar-refractivity contribution in [3.05, 3.63) is 82.1 Å². The maximum Gasteiger partial charge on any atom is 0.259 e. The van der Waals surface area contributed by atoms with Crippen LogP contribution in [0.5, 0.6) is 0 Å². The highest BCUT2D eigenvalue weighted by atomic mass is 35.5. The summed E-state index contributed by atoms with van der Waals surface area (Å²) in [6.45, 7) is 2.57. The molecule has 0 aliphatic rings. The van der Waals surface area contributed by atoms with Gasteiger partial charge in [-0.15, -0.1) is 0 Å². The van der Waals surface area contributed by atoms with Crippen LogP contribution in [0.25, 0.3) is 0 Å². The fraction of sp³-hybridized carbons (Fsp3) is 0.150. The summed E-state index contributed by atoms with van der Waals surface area (Å²) in [5.74, 6) is -0.901. The zero-order valence-electron chi connectivity index (χ0n) is 14.8. The van der Waals surface area contributed by atoms with Gasteiger partial charge in [-0.05, 0) is 30.2 Å². The number of nitrogens with zero attached hydrogens (tertiary/aromatic N) is 2. The lowest BCUT2D eigenvalue weighted by atomic mass is 10.1. The smallest absolute Gasteiger partial charge is 0.259 e. The average Bonchev–Trinajstić information content (AvgIpc) is 3.05. The lowest BCUT2D eigenvalue weighted by Gasteiger charge is -2.09. The second-order valence-corrected chi connectivity index (χ2v) is 6.42. The summed E-state index contributed by atoms with van der Waals surface area (Å²) >= 11 is 6.04. The van der Waals surface area contributed by atoms with Gasteiger partial charge in [0.25, 0.3) is 5.91 Å². The molecule has 0 aliphatic carbocycles. The second-order valence-electron chi connectivity index (χ2n) is 6.01. The summed E-state index contributed by atoms with van der Waals surface area (Å²) in [7, 11) is 0. The number of aromatic nitrogens is 2. The number of carbonyl (C=O) groups is 2. The maximum atomic E-state index is 12.7. The summed E-state index contributed by atoms with van der Waals surface area (Å²) in [5, 5.41) is 7.35. The Kier molecular flexibility index (Phi) is 5.57. The van der Waals surface area contributed by atoms with E-state index in [9.17, 15) is 9.59 Å². The van der Waals surface area contributed by atoms with Crippen LogP contribution in [0.4, 0.5) is 5.69 Å². The van der Waals surface area contributed by atoms with Gasteiger partial charge in [-0.25, -0.2) is 0 Å². The first kappa shape index (κ1) is 18.7. The topological polar surface area (TPSA) is 90.0 Å². The predicted molar refractivity (Wildman–Crippen MR) is 105 cm³/mol. The first-order chi connectivity index (χ1) is 13.0. The van der Waals surface area contributed by atoms with E-state index in [4.69, 9.17) is 17.3 Å². The Bertz CT molecular complexity index is 983. The van der Waals surface area contributed by atoms with E-state index >= 15 is 0 Å². The monoisotopic (exact) mass is 382 g/mol. The summed E-state index contributed by atoms with van der Waals surface area (Å²) in [6.07, 6.45) is 2.23. The Morgan fingerprint density at radius 2 is 1.89 bits per heavy atom. The lowest BCUT2D eigenvalue weighted by Crippen LogP contribution is -2.16. The minimum absolute atomic E-state index is 0.191. The molecule has 3 aromatic rings. The van der Waals surface area contributed by atoms with Crippen molar-refractivity contribution >= 4 is 29.1 Å². The van der Waals surface area contributed by atoms with Gasteiger partial charge in [0, 0.05) is 5.69 Å². The number of anilines is 1. The number of hydrogen-bond acceptors (Lipinski definition) is 3. The molecule has 2 amide bonds. The maximum absolute atomic E-state index is 12.7. The van der Waals surface area contributed by atoms with Crippen LogP contribution in [0.3, 0.4) is 0 Å². The third-order valence-corrected chi connectivity index (χ3v) is 4.51. The van der Waals surface area contributed by atoms with E-state index in [1.165, 1.54) is 12.1 Å². The standard InChI is InChI=1S/C20H19ClN4O2/c1-2-18-16(11-23-25(18)12-13-6-4-3-5-7-13)20(27)24-14-8-9-15(19(22)26)17(21)10-14/h3-11H,2,12H2,1H3,(H2,22,26)(H,24,27). The molecule has 1 aromatic heterocycles. The molecule has 6 nitrogen and oxygen atoms in total. The number of benzene rings is 2. The number of carbonyl (C=O) groups excluding carboxylic acids is 2. The number of primary amides is 1. The van der Waals surface area contributed by atoms with Crippen molar-refractivity contribution in [3.8, 4) is 0 Å². The summed E-state index contributed by atoms with van der Waals surface area (Å²) < 4.78 is 1.83. The van der Waals surface area contributed by atoms with E-state index in [-0.39, 0.29) is 16.5 Å². The Balaban J connectivity index is 1.81. The van der Waals surface area contributed by atoms with Crippen LogP contribution < -0.4 is 11.1 Å². The Hall–Kier alpha value is -3.12. The molecule has 0 saturated heterocycles. The molecule has 0 aliphatic heterocycles. The van der Waals surface area contributed by atoms with Gasteiger partial charge in [0.05, 0.1) is 34.6 Å². The van der Waals surface area contributed by atoms with Gasteiger partial charge in [0.2, 0.25) is 5.91 Å². The highest BCUT2D eigenvalue weighted by molar-refractivity contribution is 6.34. The van der Waals surface area contributed by atoms with Gasteiger partial charge in [-0.3, -0.25) is 14.3 Å². The highest BCUT2D eigenvalue weighted by Gasteiger charge is 2.17. The number of amides is 2. The van der Waals surface area contributed by atoms with Crippen molar-refractivity contribution in [1.82, 2.24) is 9.78 Å². The molecule has 3 rings (SSSR count). The molecule has 0 spiro atoms. The fourth-order valence-electron chi connectivity index (χ4n) is 2.86. The number of halogens is 1. The average molecular weight is 383 g/mol. The molecular formula is C20H19ClN4O2. The molecule has 0 fully saturated rings. The van der Waals surface area contributed by atoms with Crippen molar-refractivity contribution in [3.63, 3.8) is 0 Å². The molecule has 1 heterocycles. The third-order valence-electron chi connectivity index (χ3n) is 4.20. The van der Waals surface area contributed by atoms with E-state index < -0.39 is 5.91 Å². The highest BCUT2D eigenvalue weighted by Crippen LogP contribution is 2.22. The summed E-state index contributed by atoms with van der Waals surface area (Å²) in [5.41, 5.74) is 8.38. The largest absolute Gasteiger partial charge is 0.366 e. The van der Waals surface area contributed by atoms with Crippen LogP contribution in [0, 0.1) is 0 Å². The summed E-state index contributed by atoms with van der Waals surface area (Å²) in [4.78, 5) is 23.9. The van der Waals surface area contributed by atoms with Crippen LogP contribution in [0.1, 0.15) is 38.9 Å². The number of hydrogen-bond donors (Lipinski definition) is 2. The predicted octanol–water partition coefficient (Wildman–Crippen LogP) is 3.50. The second kappa shape index (κ2) is 8.05. The van der Waals surface area contributed by atoms with Crippen molar-refractivity contribution in [2.45, 2.75) is 19.9 Å². The molecule has 3 N–H and O–H groups in total. The first-order valence-electron chi connectivity index (χ1n) is 8.49. The molecule has 7 heteroatoms. The van der Waals surface area contributed by atoms with Crippen LogP contribution in [-0.4, -0.2) is 21.6 Å².